The number of aromatic nitrogens is 2. The van der Waals surface area contributed by atoms with Crippen molar-refractivity contribution in [3.05, 3.63) is 17.5 Å². The molecule has 0 aliphatic heterocycles. The SMILES string of the molecule is CCOC(=O)c1cnc(NC23CCC(OC)(CC2)CC3)nc1C. The van der Waals surface area contributed by atoms with Gasteiger partial charge in [0.2, 0.25) is 5.95 Å². The van der Waals surface area contributed by atoms with Gasteiger partial charge in [-0.3, -0.25) is 0 Å². The largest absolute Gasteiger partial charge is 0.462 e. The Morgan fingerprint density at radius 2 is 1.91 bits per heavy atom. The smallest absolute Gasteiger partial charge is 0.341 e. The summed E-state index contributed by atoms with van der Waals surface area (Å²) in [4.78, 5) is 20.6. The predicted octanol–water partition coefficient (Wildman–Crippen LogP) is 2.87. The lowest BCUT2D eigenvalue weighted by Crippen LogP contribution is -2.54. The first kappa shape index (κ1) is 16.2. The lowest BCUT2D eigenvalue weighted by atomic mass is 9.63. The molecule has 6 heteroatoms. The molecule has 1 N–H and O–H groups in total. The summed E-state index contributed by atoms with van der Waals surface area (Å²) in [6.45, 7) is 3.95. The minimum Gasteiger partial charge on any atom is -0.462 e. The highest BCUT2D eigenvalue weighted by atomic mass is 16.5. The van der Waals surface area contributed by atoms with Gasteiger partial charge in [0, 0.05) is 18.8 Å². The molecule has 23 heavy (non-hydrogen) atoms. The van der Waals surface area contributed by atoms with E-state index in [0.29, 0.717) is 23.8 Å². The van der Waals surface area contributed by atoms with Crippen LogP contribution in [0.1, 0.15) is 61.5 Å². The molecule has 0 amide bonds. The Morgan fingerprint density at radius 1 is 1.26 bits per heavy atom. The number of carbonyl (C=O) groups excluding carboxylic acids is 1. The number of methoxy groups -OCH3 is 1. The molecule has 0 spiro atoms. The van der Waals surface area contributed by atoms with Crippen LogP contribution in [0.15, 0.2) is 6.20 Å². The van der Waals surface area contributed by atoms with Gasteiger partial charge in [0.25, 0.3) is 0 Å². The lowest BCUT2D eigenvalue weighted by Gasteiger charge is -2.52. The van der Waals surface area contributed by atoms with E-state index in [-0.39, 0.29) is 17.1 Å². The normalized spacial score (nSPS) is 29.3. The first-order valence-corrected chi connectivity index (χ1v) is 8.36. The number of esters is 1. The molecule has 0 atom stereocenters. The second-order valence-corrected chi connectivity index (χ2v) is 6.71. The average Bonchev–Trinajstić information content (AvgIpc) is 2.56. The summed E-state index contributed by atoms with van der Waals surface area (Å²) in [5, 5.41) is 3.53. The third kappa shape index (κ3) is 3.04. The van der Waals surface area contributed by atoms with E-state index in [2.05, 4.69) is 15.3 Å². The fourth-order valence-corrected chi connectivity index (χ4v) is 3.82. The highest BCUT2D eigenvalue weighted by Crippen LogP contribution is 2.49. The third-order valence-electron chi connectivity index (χ3n) is 5.46. The van der Waals surface area contributed by atoms with Gasteiger partial charge in [0.1, 0.15) is 0 Å². The van der Waals surface area contributed by atoms with Crippen LogP contribution in [0, 0.1) is 6.92 Å². The van der Waals surface area contributed by atoms with Crippen LogP contribution in [0.25, 0.3) is 0 Å². The van der Waals surface area contributed by atoms with Gasteiger partial charge < -0.3 is 14.8 Å². The Hall–Kier alpha value is -1.69. The quantitative estimate of drug-likeness (QED) is 0.841. The summed E-state index contributed by atoms with van der Waals surface area (Å²) in [5.41, 5.74) is 1.24. The number of ether oxygens (including phenoxy) is 2. The minimum atomic E-state index is -0.366. The number of hydrogen-bond acceptors (Lipinski definition) is 6. The first-order valence-electron chi connectivity index (χ1n) is 8.36. The summed E-state index contributed by atoms with van der Waals surface area (Å²) in [5.74, 6) is 0.234. The number of anilines is 1. The van der Waals surface area contributed by atoms with Gasteiger partial charge in [-0.1, -0.05) is 0 Å². The van der Waals surface area contributed by atoms with E-state index in [4.69, 9.17) is 9.47 Å². The van der Waals surface area contributed by atoms with Crippen LogP contribution in [0.5, 0.6) is 0 Å². The molecule has 0 unspecified atom stereocenters. The van der Waals surface area contributed by atoms with Crippen LogP contribution in [0.2, 0.25) is 0 Å². The van der Waals surface area contributed by atoms with E-state index >= 15 is 0 Å². The number of aryl methyl sites for hydroxylation is 1. The fourth-order valence-electron chi connectivity index (χ4n) is 3.82. The molecule has 3 saturated carbocycles. The molecular formula is C17H25N3O3. The van der Waals surface area contributed by atoms with Gasteiger partial charge in [-0.15, -0.1) is 0 Å². The van der Waals surface area contributed by atoms with Crippen molar-refractivity contribution < 1.29 is 14.3 Å². The third-order valence-corrected chi connectivity index (χ3v) is 5.46. The molecular weight excluding hydrogens is 294 g/mol. The maximum Gasteiger partial charge on any atom is 0.341 e. The highest BCUT2D eigenvalue weighted by molar-refractivity contribution is 5.90. The molecule has 0 aromatic carbocycles. The fraction of sp³-hybridized carbons (Fsp3) is 0.706. The topological polar surface area (TPSA) is 73.3 Å². The highest BCUT2D eigenvalue weighted by Gasteiger charge is 2.49. The zero-order valence-electron chi connectivity index (χ0n) is 14.1. The van der Waals surface area contributed by atoms with E-state index in [1.807, 2.05) is 14.0 Å². The maximum atomic E-state index is 11.8. The van der Waals surface area contributed by atoms with Gasteiger partial charge >= 0.3 is 5.97 Å². The van der Waals surface area contributed by atoms with Crippen LogP contribution < -0.4 is 5.32 Å². The van der Waals surface area contributed by atoms with Crippen LogP contribution in [0.4, 0.5) is 5.95 Å². The zero-order valence-corrected chi connectivity index (χ0v) is 14.1. The van der Waals surface area contributed by atoms with Gasteiger partial charge in [-0.2, -0.15) is 0 Å². The molecule has 1 aromatic heterocycles. The summed E-state index contributed by atoms with van der Waals surface area (Å²) in [6, 6.07) is 0. The summed E-state index contributed by atoms with van der Waals surface area (Å²) in [6.07, 6.45) is 8.02. The standard InChI is InChI=1S/C17H25N3O3/c1-4-23-14(21)13-11-18-15(19-12(13)2)20-16-5-8-17(22-3,9-6-16)10-7-16/h11H,4-10H2,1-3H3,(H,18,19,20). The van der Waals surface area contributed by atoms with E-state index in [9.17, 15) is 4.79 Å². The molecule has 3 aliphatic rings. The molecule has 6 nitrogen and oxygen atoms in total. The molecule has 4 rings (SSSR count). The van der Waals surface area contributed by atoms with Crippen molar-refractivity contribution in [3.63, 3.8) is 0 Å². The van der Waals surface area contributed by atoms with E-state index in [1.54, 1.807) is 13.1 Å². The molecule has 1 heterocycles. The number of nitrogens with one attached hydrogen (secondary N) is 1. The van der Waals surface area contributed by atoms with Crippen molar-refractivity contribution in [1.82, 2.24) is 9.97 Å². The zero-order chi connectivity index (χ0) is 16.5. The maximum absolute atomic E-state index is 11.8. The van der Waals surface area contributed by atoms with Gasteiger partial charge in [0.15, 0.2) is 0 Å². The summed E-state index contributed by atoms with van der Waals surface area (Å²) >= 11 is 0. The monoisotopic (exact) mass is 319 g/mol. The van der Waals surface area contributed by atoms with Gasteiger partial charge in [0.05, 0.1) is 23.5 Å². The first-order chi connectivity index (χ1) is 11.0. The second-order valence-electron chi connectivity index (χ2n) is 6.71. The van der Waals surface area contributed by atoms with Gasteiger partial charge in [-0.05, 0) is 52.4 Å². The summed E-state index contributed by atoms with van der Waals surface area (Å²) in [7, 11) is 1.83. The Morgan fingerprint density at radius 3 is 2.43 bits per heavy atom. The van der Waals surface area contributed by atoms with Crippen molar-refractivity contribution in [3.8, 4) is 0 Å². The van der Waals surface area contributed by atoms with Crippen molar-refractivity contribution in [2.45, 2.75) is 63.5 Å². The lowest BCUT2D eigenvalue weighted by molar-refractivity contribution is -0.0891. The minimum absolute atomic E-state index is 0.0676. The molecule has 3 aliphatic carbocycles. The van der Waals surface area contributed by atoms with Crippen LogP contribution in [-0.4, -0.2) is 40.8 Å². The number of hydrogen-bond donors (Lipinski definition) is 1. The van der Waals surface area contributed by atoms with Crippen molar-refractivity contribution in [1.29, 1.82) is 0 Å². The van der Waals surface area contributed by atoms with E-state index < -0.39 is 0 Å². The van der Waals surface area contributed by atoms with Crippen LogP contribution >= 0.6 is 0 Å². The Balaban J connectivity index is 1.72. The van der Waals surface area contributed by atoms with E-state index in [0.717, 1.165) is 38.5 Å². The van der Waals surface area contributed by atoms with Crippen molar-refractivity contribution >= 4 is 11.9 Å². The number of carbonyl (C=O) groups is 1. The van der Waals surface area contributed by atoms with E-state index in [1.165, 1.54) is 0 Å². The second kappa shape index (κ2) is 6.07. The predicted molar refractivity (Wildman–Crippen MR) is 86.5 cm³/mol. The molecule has 0 radical (unpaired) electrons. The summed E-state index contributed by atoms with van der Waals surface area (Å²) < 4.78 is 10.8. The van der Waals surface area contributed by atoms with Gasteiger partial charge in [-0.25, -0.2) is 14.8 Å². The van der Waals surface area contributed by atoms with Crippen molar-refractivity contribution in [2.24, 2.45) is 0 Å². The Kier molecular flexibility index (Phi) is 4.27. The Bertz CT molecular complexity index is 578. The van der Waals surface area contributed by atoms with Crippen LogP contribution in [-0.2, 0) is 9.47 Å². The molecule has 3 fully saturated rings. The number of nitrogens with zero attached hydrogens (tertiary/aromatic N) is 2. The number of fused-ring (bicyclic) bond motifs is 3. The molecule has 1 aromatic rings. The molecule has 2 bridgehead atoms. The molecule has 126 valence electrons. The Labute approximate surface area is 137 Å². The van der Waals surface area contributed by atoms with Crippen LogP contribution in [0.3, 0.4) is 0 Å². The number of rotatable bonds is 5. The van der Waals surface area contributed by atoms with Crippen molar-refractivity contribution in [2.75, 3.05) is 19.0 Å². The average molecular weight is 319 g/mol. The molecule has 0 saturated heterocycles.